The Hall–Kier alpha value is -4.59. The van der Waals surface area contributed by atoms with E-state index in [1.54, 1.807) is 7.11 Å². The molecule has 0 radical (unpaired) electrons. The van der Waals surface area contributed by atoms with Crippen LogP contribution in [0.4, 0.5) is 22.9 Å². The van der Waals surface area contributed by atoms with Gasteiger partial charge in [-0.25, -0.2) is 14.7 Å². The lowest BCUT2D eigenvalue weighted by atomic mass is 9.93. The molecule has 0 saturated carbocycles. The molecular weight excluding hydrogens is 555 g/mol. The Morgan fingerprint density at radius 1 is 0.854 bits per heavy atom. The molecule has 0 amide bonds. The highest BCUT2D eigenvalue weighted by Gasteiger charge is 2.41. The lowest BCUT2D eigenvalue weighted by molar-refractivity contribution is 0.415. The van der Waals surface area contributed by atoms with Crippen molar-refractivity contribution in [3.63, 3.8) is 0 Å². The number of aryl methyl sites for hydroxylation is 1. The lowest BCUT2D eigenvalue weighted by Gasteiger charge is -2.40. The molecule has 0 bridgehead atoms. The molecule has 1 N–H and O–H groups in total. The number of methoxy groups -OCH3 is 1. The Morgan fingerprint density at radius 3 is 2.44 bits per heavy atom. The van der Waals surface area contributed by atoms with Crippen molar-refractivity contribution in [1.82, 2.24) is 9.78 Å². The van der Waals surface area contributed by atoms with Crippen LogP contribution in [0.2, 0.25) is 10.0 Å². The Bertz CT molecular complexity index is 1860. The fourth-order valence-electron chi connectivity index (χ4n) is 5.42. The molecular formula is C32H24Cl2N6O. The van der Waals surface area contributed by atoms with Gasteiger partial charge in [-0.05, 0) is 67.1 Å². The van der Waals surface area contributed by atoms with E-state index < -0.39 is 0 Å². The van der Waals surface area contributed by atoms with Crippen LogP contribution in [-0.2, 0) is 0 Å². The highest BCUT2D eigenvalue weighted by molar-refractivity contribution is 6.51. The Labute approximate surface area is 247 Å². The van der Waals surface area contributed by atoms with Crippen molar-refractivity contribution < 1.29 is 4.74 Å². The van der Waals surface area contributed by atoms with Gasteiger partial charge in [0.15, 0.2) is 17.5 Å². The number of aliphatic imine (C=N–C) groups is 2. The molecule has 7 nitrogen and oxygen atoms in total. The minimum Gasteiger partial charge on any atom is -0.495 e. The molecule has 0 unspecified atom stereocenters. The average Bonchev–Trinajstić information content (AvgIpc) is 3.32. The number of nitrogens with zero attached hydrogens (tertiary/aromatic N) is 5. The first-order chi connectivity index (χ1) is 20.0. The quantitative estimate of drug-likeness (QED) is 0.233. The molecule has 3 heterocycles. The SMILES string of the molecule is COc1ccc(NC2=Nc3ccccc3N3C2=Nc2c(c(C)nn2-c2ccccc2)[C@H]3c2cccc(Cl)c2)cc1Cl. The zero-order valence-electron chi connectivity index (χ0n) is 22.2. The second kappa shape index (κ2) is 10.1. The maximum absolute atomic E-state index is 6.55. The number of nitrogens with one attached hydrogen (secondary N) is 1. The minimum atomic E-state index is -0.262. The van der Waals surface area contributed by atoms with Crippen LogP contribution in [0.1, 0.15) is 22.9 Å². The van der Waals surface area contributed by atoms with Gasteiger partial charge in [-0.2, -0.15) is 5.10 Å². The fourth-order valence-corrected chi connectivity index (χ4v) is 5.88. The smallest absolute Gasteiger partial charge is 0.179 e. The van der Waals surface area contributed by atoms with Gasteiger partial charge in [0.1, 0.15) is 5.75 Å². The summed E-state index contributed by atoms with van der Waals surface area (Å²) in [5, 5.41) is 9.60. The van der Waals surface area contributed by atoms with E-state index in [1.807, 2.05) is 96.5 Å². The van der Waals surface area contributed by atoms with Crippen molar-refractivity contribution in [2.75, 3.05) is 17.3 Å². The van der Waals surface area contributed by atoms with Gasteiger partial charge in [0.2, 0.25) is 0 Å². The summed E-state index contributed by atoms with van der Waals surface area (Å²) in [6.07, 6.45) is 0. The molecule has 0 saturated heterocycles. The Morgan fingerprint density at radius 2 is 1.66 bits per heavy atom. The lowest BCUT2D eigenvalue weighted by Crippen LogP contribution is -2.46. The predicted molar refractivity (Wildman–Crippen MR) is 166 cm³/mol. The van der Waals surface area contributed by atoms with E-state index in [4.69, 9.17) is 43.0 Å². The first kappa shape index (κ1) is 25.4. The molecule has 0 fully saturated rings. The third kappa shape index (κ3) is 4.34. The number of benzene rings is 4. The van der Waals surface area contributed by atoms with Crippen LogP contribution in [0, 0.1) is 6.92 Å². The summed E-state index contributed by atoms with van der Waals surface area (Å²) in [5.41, 5.74) is 6.34. The molecule has 0 aliphatic carbocycles. The molecule has 1 aromatic heterocycles. The number of anilines is 2. The van der Waals surface area contributed by atoms with Gasteiger partial charge >= 0.3 is 0 Å². The van der Waals surface area contributed by atoms with Crippen LogP contribution in [-0.4, -0.2) is 28.6 Å². The standard InChI is InChI=1S/C32H24Cl2N6O/c1-19-28-29(20-9-8-10-21(33)17-20)39-26-14-7-6-13-25(26)36-30(35-22-15-16-27(41-2)24(34)18-22)32(39)37-31(28)40(38-19)23-11-4-3-5-12-23/h3-18,29H,1-2H3,(H,35,36)/t29-/m1/s1. The molecule has 0 spiro atoms. The van der Waals surface area contributed by atoms with E-state index in [2.05, 4.69) is 22.3 Å². The predicted octanol–water partition coefficient (Wildman–Crippen LogP) is 8.29. The number of fused-ring (bicyclic) bond motifs is 4. The van der Waals surface area contributed by atoms with Crippen molar-refractivity contribution in [3.05, 3.63) is 124 Å². The second-order valence-corrected chi connectivity index (χ2v) is 10.6. The summed E-state index contributed by atoms with van der Waals surface area (Å²) in [6, 6.07) is 31.3. The Balaban J connectivity index is 1.48. The van der Waals surface area contributed by atoms with Gasteiger partial charge in [-0.15, -0.1) is 0 Å². The van der Waals surface area contributed by atoms with Crippen LogP contribution >= 0.6 is 23.2 Å². The second-order valence-electron chi connectivity index (χ2n) is 9.76. The number of hydrogen-bond acceptors (Lipinski definition) is 6. The summed E-state index contributed by atoms with van der Waals surface area (Å²) < 4.78 is 7.25. The van der Waals surface area contributed by atoms with Crippen LogP contribution in [0.5, 0.6) is 5.75 Å². The van der Waals surface area contributed by atoms with Crippen molar-refractivity contribution in [3.8, 4) is 11.4 Å². The highest BCUT2D eigenvalue weighted by Crippen LogP contribution is 2.48. The summed E-state index contributed by atoms with van der Waals surface area (Å²) in [7, 11) is 1.59. The van der Waals surface area contributed by atoms with Crippen LogP contribution in [0.15, 0.2) is 107 Å². The van der Waals surface area contributed by atoms with Crippen molar-refractivity contribution in [2.45, 2.75) is 13.0 Å². The summed E-state index contributed by atoms with van der Waals surface area (Å²) in [6.45, 7) is 2.03. The van der Waals surface area contributed by atoms with Crippen LogP contribution < -0.4 is 15.0 Å². The molecule has 2 aliphatic heterocycles. The van der Waals surface area contributed by atoms with E-state index in [0.717, 1.165) is 45.4 Å². The normalized spacial score (nSPS) is 15.3. The number of hydrogen-bond donors (Lipinski definition) is 1. The van der Waals surface area contributed by atoms with Gasteiger partial charge in [0.05, 0.1) is 40.9 Å². The van der Waals surface area contributed by atoms with E-state index in [0.29, 0.717) is 27.5 Å². The number of rotatable bonds is 4. The number of ether oxygens (including phenoxy) is 1. The summed E-state index contributed by atoms with van der Waals surface area (Å²) in [5.74, 6) is 2.58. The van der Waals surface area contributed by atoms with Gasteiger partial charge < -0.3 is 15.0 Å². The summed E-state index contributed by atoms with van der Waals surface area (Å²) in [4.78, 5) is 12.5. The maximum atomic E-state index is 6.55. The van der Waals surface area contributed by atoms with E-state index in [9.17, 15) is 0 Å². The first-order valence-corrected chi connectivity index (χ1v) is 13.8. The number of para-hydroxylation sites is 3. The van der Waals surface area contributed by atoms with E-state index in [-0.39, 0.29) is 6.04 Å². The number of amidine groups is 2. The van der Waals surface area contributed by atoms with Gasteiger partial charge in [0.25, 0.3) is 0 Å². The van der Waals surface area contributed by atoms with Gasteiger partial charge in [0, 0.05) is 16.3 Å². The van der Waals surface area contributed by atoms with Crippen LogP contribution in [0.25, 0.3) is 5.69 Å². The van der Waals surface area contributed by atoms with E-state index >= 15 is 0 Å². The summed E-state index contributed by atoms with van der Waals surface area (Å²) >= 11 is 13.0. The topological polar surface area (TPSA) is 67.0 Å². The molecule has 4 aromatic carbocycles. The zero-order valence-corrected chi connectivity index (χ0v) is 23.7. The molecule has 202 valence electrons. The van der Waals surface area contributed by atoms with Crippen molar-refractivity contribution in [2.24, 2.45) is 9.98 Å². The average molecular weight is 579 g/mol. The first-order valence-electron chi connectivity index (χ1n) is 13.1. The third-order valence-corrected chi connectivity index (χ3v) is 7.75. The number of aromatic nitrogens is 2. The molecule has 1 atom stereocenters. The van der Waals surface area contributed by atoms with Gasteiger partial charge in [-0.3, -0.25) is 0 Å². The highest BCUT2D eigenvalue weighted by atomic mass is 35.5. The number of halogens is 2. The van der Waals surface area contributed by atoms with Crippen molar-refractivity contribution >= 4 is 57.8 Å². The molecule has 41 heavy (non-hydrogen) atoms. The van der Waals surface area contributed by atoms with Crippen molar-refractivity contribution in [1.29, 1.82) is 0 Å². The molecule has 2 aliphatic rings. The largest absolute Gasteiger partial charge is 0.495 e. The maximum Gasteiger partial charge on any atom is 0.179 e. The zero-order chi connectivity index (χ0) is 28.1. The Kier molecular flexibility index (Phi) is 6.26. The fraction of sp³-hybridized carbons (Fsp3) is 0.0938. The molecule has 7 rings (SSSR count). The van der Waals surface area contributed by atoms with E-state index in [1.165, 1.54) is 0 Å². The molecule has 9 heteroatoms. The minimum absolute atomic E-state index is 0.262. The third-order valence-electron chi connectivity index (χ3n) is 7.22. The molecule has 5 aromatic rings. The monoisotopic (exact) mass is 578 g/mol. The van der Waals surface area contributed by atoms with Gasteiger partial charge in [-0.1, -0.05) is 65.7 Å². The van der Waals surface area contributed by atoms with Crippen LogP contribution in [0.3, 0.4) is 0 Å².